The van der Waals surface area contributed by atoms with E-state index in [1.54, 1.807) is 0 Å². The molecule has 0 saturated carbocycles. The third kappa shape index (κ3) is 4.68. The van der Waals surface area contributed by atoms with Gasteiger partial charge in [0.2, 0.25) is 0 Å². The second kappa shape index (κ2) is 8.11. The predicted molar refractivity (Wildman–Crippen MR) is 96.6 cm³/mol. The number of ketones is 1. The van der Waals surface area contributed by atoms with Crippen molar-refractivity contribution in [3.05, 3.63) is 65.2 Å². The number of hydrogen-bond acceptors (Lipinski definition) is 3. The summed E-state index contributed by atoms with van der Waals surface area (Å²) >= 11 is 0. The lowest BCUT2D eigenvalue weighted by Crippen LogP contribution is -2.34. The molecule has 24 heavy (non-hydrogen) atoms. The van der Waals surface area contributed by atoms with E-state index < -0.39 is 0 Å². The summed E-state index contributed by atoms with van der Waals surface area (Å²) in [5.41, 5.74) is 3.16. The van der Waals surface area contributed by atoms with Crippen molar-refractivity contribution in [1.29, 1.82) is 0 Å². The van der Waals surface area contributed by atoms with E-state index in [9.17, 15) is 4.79 Å². The van der Waals surface area contributed by atoms with Gasteiger partial charge in [0.05, 0.1) is 6.54 Å². The summed E-state index contributed by atoms with van der Waals surface area (Å²) in [6.07, 6.45) is 3.70. The van der Waals surface area contributed by atoms with Crippen LogP contribution in [-0.2, 0) is 6.61 Å². The lowest BCUT2D eigenvalue weighted by Gasteiger charge is -2.25. The van der Waals surface area contributed by atoms with Gasteiger partial charge in [-0.2, -0.15) is 0 Å². The van der Waals surface area contributed by atoms with Gasteiger partial charge in [-0.25, -0.2) is 0 Å². The Balaban J connectivity index is 1.52. The summed E-state index contributed by atoms with van der Waals surface area (Å²) in [4.78, 5) is 14.6. The van der Waals surface area contributed by atoms with Gasteiger partial charge in [-0.3, -0.25) is 9.69 Å². The average molecular weight is 323 g/mol. The molecular formula is C21H25NO2. The molecule has 0 radical (unpaired) electrons. The third-order valence-electron chi connectivity index (χ3n) is 4.52. The van der Waals surface area contributed by atoms with Crippen LogP contribution in [0, 0.1) is 6.92 Å². The molecule has 3 rings (SSSR count). The number of benzene rings is 2. The van der Waals surface area contributed by atoms with E-state index in [1.165, 1.54) is 24.8 Å². The Hall–Kier alpha value is -2.13. The highest BCUT2D eigenvalue weighted by Crippen LogP contribution is 2.16. The molecule has 3 nitrogen and oxygen atoms in total. The molecule has 0 atom stereocenters. The topological polar surface area (TPSA) is 29.5 Å². The highest BCUT2D eigenvalue weighted by Gasteiger charge is 2.15. The summed E-state index contributed by atoms with van der Waals surface area (Å²) in [6, 6.07) is 15.8. The molecule has 1 fully saturated rings. The van der Waals surface area contributed by atoms with Crippen LogP contribution >= 0.6 is 0 Å². The van der Waals surface area contributed by atoms with Gasteiger partial charge in [0, 0.05) is 5.56 Å². The van der Waals surface area contributed by atoms with Crippen LogP contribution in [-0.4, -0.2) is 30.3 Å². The summed E-state index contributed by atoms with van der Waals surface area (Å²) < 4.78 is 5.79. The molecule has 2 aromatic rings. The molecule has 0 bridgehead atoms. The van der Waals surface area contributed by atoms with E-state index >= 15 is 0 Å². The van der Waals surface area contributed by atoms with Crippen LogP contribution in [0.3, 0.4) is 0 Å². The largest absolute Gasteiger partial charge is 0.489 e. The monoisotopic (exact) mass is 323 g/mol. The minimum absolute atomic E-state index is 0.196. The van der Waals surface area contributed by atoms with Gasteiger partial charge >= 0.3 is 0 Å². The van der Waals surface area contributed by atoms with Crippen molar-refractivity contribution >= 4 is 5.78 Å². The maximum absolute atomic E-state index is 12.4. The number of ether oxygens (including phenoxy) is 1. The van der Waals surface area contributed by atoms with Crippen molar-refractivity contribution in [3.8, 4) is 5.75 Å². The molecule has 0 aliphatic carbocycles. The standard InChI is InChI=1S/C21H25NO2/c1-17-5-7-18(8-6-17)16-24-20-11-9-19(10-12-20)21(23)15-22-13-3-2-4-14-22/h5-12H,2-4,13-16H2,1H3. The number of likely N-dealkylation sites (tertiary alicyclic amines) is 1. The number of aryl methyl sites for hydroxylation is 1. The fourth-order valence-corrected chi connectivity index (χ4v) is 3.00. The van der Waals surface area contributed by atoms with Crippen LogP contribution in [0.25, 0.3) is 0 Å². The van der Waals surface area contributed by atoms with E-state index in [0.29, 0.717) is 13.2 Å². The van der Waals surface area contributed by atoms with Gasteiger partial charge < -0.3 is 4.74 Å². The molecule has 0 amide bonds. The van der Waals surface area contributed by atoms with Gasteiger partial charge in [-0.1, -0.05) is 36.2 Å². The molecule has 1 aliphatic heterocycles. The normalized spacial score (nSPS) is 15.2. The first kappa shape index (κ1) is 16.7. The molecule has 0 spiro atoms. The number of nitrogens with zero attached hydrogens (tertiary/aromatic N) is 1. The molecule has 0 unspecified atom stereocenters. The van der Waals surface area contributed by atoms with E-state index in [2.05, 4.69) is 36.1 Å². The Labute approximate surface area is 144 Å². The Kier molecular flexibility index (Phi) is 5.65. The lowest BCUT2D eigenvalue weighted by atomic mass is 10.1. The van der Waals surface area contributed by atoms with Crippen molar-refractivity contribution in [2.75, 3.05) is 19.6 Å². The number of carbonyl (C=O) groups is 1. The molecule has 0 N–H and O–H groups in total. The summed E-state index contributed by atoms with van der Waals surface area (Å²) in [7, 11) is 0. The van der Waals surface area contributed by atoms with Crippen molar-refractivity contribution < 1.29 is 9.53 Å². The van der Waals surface area contributed by atoms with E-state index in [-0.39, 0.29) is 5.78 Å². The van der Waals surface area contributed by atoms with Crippen LogP contribution in [0.4, 0.5) is 0 Å². The van der Waals surface area contributed by atoms with Gasteiger partial charge in [0.25, 0.3) is 0 Å². The van der Waals surface area contributed by atoms with E-state index in [1.807, 2.05) is 24.3 Å². The Morgan fingerprint density at radius 2 is 1.62 bits per heavy atom. The fourth-order valence-electron chi connectivity index (χ4n) is 3.00. The number of carbonyl (C=O) groups excluding carboxylic acids is 1. The second-order valence-electron chi connectivity index (χ2n) is 6.56. The first-order chi connectivity index (χ1) is 11.7. The SMILES string of the molecule is Cc1ccc(COc2ccc(C(=O)CN3CCCCC3)cc2)cc1. The average Bonchev–Trinajstić information content (AvgIpc) is 2.62. The summed E-state index contributed by atoms with van der Waals surface area (Å²) in [5.74, 6) is 0.993. The van der Waals surface area contributed by atoms with Gasteiger partial charge in [-0.15, -0.1) is 0 Å². The maximum atomic E-state index is 12.4. The van der Waals surface area contributed by atoms with E-state index in [0.717, 1.165) is 30.0 Å². The predicted octanol–water partition coefficient (Wildman–Crippen LogP) is 4.24. The zero-order valence-electron chi connectivity index (χ0n) is 14.3. The molecule has 2 aromatic carbocycles. The molecule has 126 valence electrons. The first-order valence-corrected chi connectivity index (χ1v) is 8.75. The number of piperidine rings is 1. The number of hydrogen-bond donors (Lipinski definition) is 0. The molecular weight excluding hydrogens is 298 g/mol. The molecule has 0 aromatic heterocycles. The second-order valence-corrected chi connectivity index (χ2v) is 6.56. The molecule has 3 heteroatoms. The number of Topliss-reactive ketones (excluding diaryl/α,β-unsaturated/α-hetero) is 1. The highest BCUT2D eigenvalue weighted by atomic mass is 16.5. The van der Waals surface area contributed by atoms with Crippen molar-refractivity contribution in [2.24, 2.45) is 0 Å². The van der Waals surface area contributed by atoms with Crippen LogP contribution in [0.1, 0.15) is 40.7 Å². The minimum atomic E-state index is 0.196. The lowest BCUT2D eigenvalue weighted by molar-refractivity contribution is 0.0915. The Morgan fingerprint density at radius 1 is 0.958 bits per heavy atom. The molecule has 1 saturated heterocycles. The highest BCUT2D eigenvalue weighted by molar-refractivity contribution is 5.97. The smallest absolute Gasteiger partial charge is 0.176 e. The summed E-state index contributed by atoms with van der Waals surface area (Å²) in [5, 5.41) is 0. The maximum Gasteiger partial charge on any atom is 0.176 e. The zero-order valence-corrected chi connectivity index (χ0v) is 14.3. The Morgan fingerprint density at radius 3 is 2.29 bits per heavy atom. The Bertz CT molecular complexity index is 655. The zero-order chi connectivity index (χ0) is 16.8. The molecule has 1 aliphatic rings. The first-order valence-electron chi connectivity index (χ1n) is 8.75. The van der Waals surface area contributed by atoms with Gasteiger partial charge in [-0.05, 0) is 62.7 Å². The van der Waals surface area contributed by atoms with Crippen molar-refractivity contribution in [1.82, 2.24) is 4.90 Å². The quantitative estimate of drug-likeness (QED) is 0.745. The van der Waals surface area contributed by atoms with Crippen LogP contribution in [0.2, 0.25) is 0 Å². The number of rotatable bonds is 6. The van der Waals surface area contributed by atoms with Gasteiger partial charge in [0.1, 0.15) is 12.4 Å². The molecule has 1 heterocycles. The summed E-state index contributed by atoms with van der Waals surface area (Å²) in [6.45, 7) is 5.24. The fraction of sp³-hybridized carbons (Fsp3) is 0.381. The minimum Gasteiger partial charge on any atom is -0.489 e. The van der Waals surface area contributed by atoms with Crippen LogP contribution in [0.15, 0.2) is 48.5 Å². The van der Waals surface area contributed by atoms with Gasteiger partial charge in [0.15, 0.2) is 5.78 Å². The van der Waals surface area contributed by atoms with Crippen LogP contribution < -0.4 is 4.74 Å². The third-order valence-corrected chi connectivity index (χ3v) is 4.52. The van der Waals surface area contributed by atoms with Crippen molar-refractivity contribution in [3.63, 3.8) is 0 Å². The van der Waals surface area contributed by atoms with Crippen LogP contribution in [0.5, 0.6) is 5.75 Å². The van der Waals surface area contributed by atoms with E-state index in [4.69, 9.17) is 4.74 Å². The van der Waals surface area contributed by atoms with Crippen molar-refractivity contribution in [2.45, 2.75) is 32.8 Å².